The lowest BCUT2D eigenvalue weighted by Crippen LogP contribution is -2.60. The molecule has 3 aliphatic rings. The van der Waals surface area contributed by atoms with E-state index in [-0.39, 0.29) is 34.1 Å². The third-order valence-corrected chi connectivity index (χ3v) is 6.83. The van der Waals surface area contributed by atoms with Gasteiger partial charge >= 0.3 is 0 Å². The fourth-order valence-corrected chi connectivity index (χ4v) is 4.50. The van der Waals surface area contributed by atoms with Gasteiger partial charge in [-0.3, -0.25) is 4.79 Å². The van der Waals surface area contributed by atoms with Crippen molar-refractivity contribution in [2.75, 3.05) is 6.61 Å². The van der Waals surface area contributed by atoms with E-state index in [4.69, 9.17) is 18.6 Å². The van der Waals surface area contributed by atoms with Crippen molar-refractivity contribution in [1.29, 1.82) is 0 Å². The molecule has 5 rings (SSSR count). The summed E-state index contributed by atoms with van der Waals surface area (Å²) in [7, 11) is 0. The molecule has 6 atom stereocenters. The summed E-state index contributed by atoms with van der Waals surface area (Å²) >= 11 is 0. The smallest absolute Gasteiger partial charge is 0.229 e. The van der Waals surface area contributed by atoms with Crippen LogP contribution in [-0.2, 0) is 9.47 Å². The first kappa shape index (κ1) is 30.6. The Kier molecular flexibility index (Phi) is 8.64. The highest BCUT2D eigenvalue weighted by atomic mass is 16.7. The molecule has 0 bridgehead atoms. The molecule has 232 valence electrons. The largest absolute Gasteiger partial charge is 0.508 e. The number of phenols is 5. The van der Waals surface area contributed by atoms with Gasteiger partial charge in [0.15, 0.2) is 40.5 Å². The van der Waals surface area contributed by atoms with E-state index < -0.39 is 72.0 Å². The van der Waals surface area contributed by atoms with Crippen LogP contribution in [0.15, 0.2) is 69.9 Å². The van der Waals surface area contributed by atoms with Gasteiger partial charge in [0.05, 0.1) is 12.2 Å². The number of fused-ring (bicyclic) bond motifs is 1. The molecule has 0 spiro atoms. The van der Waals surface area contributed by atoms with Gasteiger partial charge in [-0.15, -0.1) is 0 Å². The number of phenolic OH excluding ortho intramolecular Hbond substituents is 5. The summed E-state index contributed by atoms with van der Waals surface area (Å²) in [6.45, 7) is -0.479. The van der Waals surface area contributed by atoms with Crippen molar-refractivity contribution in [3.8, 4) is 57.1 Å². The molecule has 0 radical (unpaired) electrons. The first-order valence-corrected chi connectivity index (χ1v) is 13.1. The van der Waals surface area contributed by atoms with E-state index in [1.165, 1.54) is 30.4 Å². The molecule has 0 saturated carbocycles. The standard InChI is InChI=1S/C30H28O14/c31-15-4-1-13(2-5-15)3-6-24(36)41-12-23-26(38)27(39)28(40)30(44-23)43-22-11-17-18(33)9-16(32)10-21(17)42-29(22)14-7-19(34)25(37)20(35)8-14/h1-11,23-24,26-28,30-31,33-40H,12H2. The lowest BCUT2D eigenvalue weighted by atomic mass is 9.99. The van der Waals surface area contributed by atoms with Crippen LogP contribution in [-0.4, -0.2) is 89.6 Å². The predicted molar refractivity (Wildman–Crippen MR) is 150 cm³/mol. The van der Waals surface area contributed by atoms with Gasteiger partial charge in [0, 0.05) is 17.7 Å². The first-order chi connectivity index (χ1) is 20.9. The van der Waals surface area contributed by atoms with Crippen LogP contribution in [0.2, 0.25) is 0 Å². The normalized spacial score (nSPS) is 22.8. The second-order valence-electron chi connectivity index (χ2n) is 9.96. The minimum atomic E-state index is -1.84. The Bertz CT molecular complexity index is 1660. The van der Waals surface area contributed by atoms with Gasteiger partial charge in [-0.25, -0.2) is 0 Å². The summed E-state index contributed by atoms with van der Waals surface area (Å²) in [6, 6.07) is 11.3. The van der Waals surface area contributed by atoms with E-state index in [0.29, 0.717) is 5.56 Å². The summed E-state index contributed by atoms with van der Waals surface area (Å²) in [5.41, 5.74) is -0.0266. The Labute approximate surface area is 248 Å². The molecule has 14 nitrogen and oxygen atoms in total. The maximum atomic E-state index is 12.0. The SMILES string of the molecule is O=c1cc2oc(-c3cc(O)c(O)c(O)c3)c(OC3OC(COC(O)C=Cc4ccc(O)cc4)C(O)C(O)C3O)cc-2c(O)c1. The zero-order valence-corrected chi connectivity index (χ0v) is 22.6. The molecule has 1 aliphatic carbocycles. The monoisotopic (exact) mass is 612 g/mol. The highest BCUT2D eigenvalue weighted by Crippen LogP contribution is 2.45. The minimum absolute atomic E-state index is 0.00937. The summed E-state index contributed by atoms with van der Waals surface area (Å²) in [6.07, 6.45) is -7.06. The van der Waals surface area contributed by atoms with Crippen LogP contribution in [0.3, 0.4) is 0 Å². The minimum Gasteiger partial charge on any atom is -0.508 e. The quantitative estimate of drug-likeness (QED) is 0.100. The number of aliphatic hydroxyl groups is 4. The summed E-state index contributed by atoms with van der Waals surface area (Å²) < 4.78 is 22.6. The third kappa shape index (κ3) is 6.40. The highest BCUT2D eigenvalue weighted by Gasteiger charge is 2.45. The molecule has 2 aliphatic heterocycles. The molecule has 0 aromatic heterocycles. The molecule has 9 N–H and O–H groups in total. The van der Waals surface area contributed by atoms with Gasteiger partial charge in [0.1, 0.15) is 41.7 Å². The van der Waals surface area contributed by atoms with E-state index in [1.54, 1.807) is 12.1 Å². The zero-order chi connectivity index (χ0) is 31.7. The van der Waals surface area contributed by atoms with E-state index in [9.17, 15) is 50.8 Å². The molecule has 6 unspecified atom stereocenters. The van der Waals surface area contributed by atoms with Crippen LogP contribution < -0.4 is 10.2 Å². The van der Waals surface area contributed by atoms with Crippen LogP contribution in [0, 0.1) is 0 Å². The van der Waals surface area contributed by atoms with Crippen LogP contribution in [0.4, 0.5) is 0 Å². The Morgan fingerprint density at radius 1 is 0.841 bits per heavy atom. The van der Waals surface area contributed by atoms with Gasteiger partial charge in [0.25, 0.3) is 0 Å². The molecular weight excluding hydrogens is 584 g/mol. The predicted octanol–water partition coefficient (Wildman–Crippen LogP) is 1.17. The van der Waals surface area contributed by atoms with Crippen molar-refractivity contribution >= 4 is 6.08 Å². The lowest BCUT2D eigenvalue weighted by Gasteiger charge is -2.40. The van der Waals surface area contributed by atoms with Gasteiger partial charge in [-0.1, -0.05) is 18.2 Å². The van der Waals surface area contributed by atoms with E-state index >= 15 is 0 Å². The van der Waals surface area contributed by atoms with Crippen molar-refractivity contribution < 1.29 is 64.6 Å². The number of aliphatic hydroxyl groups excluding tert-OH is 4. The number of ether oxygens (including phenoxy) is 3. The van der Waals surface area contributed by atoms with Crippen LogP contribution >= 0.6 is 0 Å². The van der Waals surface area contributed by atoms with Crippen LogP contribution in [0.1, 0.15) is 5.56 Å². The molecule has 0 amide bonds. The van der Waals surface area contributed by atoms with Gasteiger partial charge in [0.2, 0.25) is 6.29 Å². The summed E-state index contributed by atoms with van der Waals surface area (Å²) in [4.78, 5) is 12.0. The van der Waals surface area contributed by atoms with Gasteiger partial charge in [-0.2, -0.15) is 0 Å². The van der Waals surface area contributed by atoms with Crippen molar-refractivity contribution in [2.45, 2.75) is 37.0 Å². The number of hydrogen-bond donors (Lipinski definition) is 9. The molecule has 1 saturated heterocycles. The van der Waals surface area contributed by atoms with Gasteiger partial charge < -0.3 is 64.6 Å². The second-order valence-corrected chi connectivity index (χ2v) is 9.96. The molecule has 2 aromatic carbocycles. The molecule has 44 heavy (non-hydrogen) atoms. The van der Waals surface area contributed by atoms with Crippen molar-refractivity contribution in [3.63, 3.8) is 0 Å². The molecule has 2 heterocycles. The van der Waals surface area contributed by atoms with E-state index in [0.717, 1.165) is 24.3 Å². The molecule has 14 heteroatoms. The second kappa shape index (κ2) is 12.4. The molecular formula is C30H28O14. The Morgan fingerprint density at radius 3 is 2.20 bits per heavy atom. The number of rotatable bonds is 8. The fraction of sp³-hybridized carbons (Fsp3) is 0.233. The third-order valence-electron chi connectivity index (χ3n) is 6.83. The van der Waals surface area contributed by atoms with Crippen molar-refractivity contribution in [2.24, 2.45) is 0 Å². The summed E-state index contributed by atoms with van der Waals surface area (Å²) in [5, 5.41) is 91.6. The summed E-state index contributed by atoms with van der Waals surface area (Å²) in [5.74, 6) is -3.35. The average molecular weight is 613 g/mol. The van der Waals surface area contributed by atoms with Crippen molar-refractivity contribution in [3.05, 3.63) is 76.5 Å². The highest BCUT2D eigenvalue weighted by molar-refractivity contribution is 5.77. The maximum absolute atomic E-state index is 12.0. The Hall–Kier alpha value is -4.83. The number of aromatic hydroxyl groups is 5. The Morgan fingerprint density at radius 2 is 1.52 bits per heavy atom. The maximum Gasteiger partial charge on any atom is 0.229 e. The average Bonchev–Trinajstić information content (AvgIpc) is 2.98. The van der Waals surface area contributed by atoms with Gasteiger partial charge in [-0.05, 0) is 42.0 Å². The van der Waals surface area contributed by atoms with Crippen LogP contribution in [0.25, 0.3) is 28.7 Å². The van der Waals surface area contributed by atoms with Crippen LogP contribution in [0.5, 0.6) is 34.5 Å². The Balaban J connectivity index is 1.41. The number of benzene rings is 3. The molecule has 1 fully saturated rings. The van der Waals surface area contributed by atoms with Crippen molar-refractivity contribution in [1.82, 2.24) is 0 Å². The zero-order valence-electron chi connectivity index (χ0n) is 22.6. The fourth-order valence-electron chi connectivity index (χ4n) is 4.50. The van der Waals surface area contributed by atoms with E-state index in [1.807, 2.05) is 0 Å². The molecule has 2 aromatic rings. The van der Waals surface area contributed by atoms with E-state index in [2.05, 4.69) is 0 Å². The lowest BCUT2D eigenvalue weighted by molar-refractivity contribution is -0.284. The first-order valence-electron chi connectivity index (χ1n) is 13.1. The topological polar surface area (TPSA) is 240 Å². The number of hydrogen-bond acceptors (Lipinski definition) is 14.